The van der Waals surface area contributed by atoms with Crippen LogP contribution in [0.2, 0.25) is 0 Å². The van der Waals surface area contributed by atoms with Crippen molar-refractivity contribution in [2.24, 2.45) is 11.7 Å². The van der Waals surface area contributed by atoms with Gasteiger partial charge in [-0.3, -0.25) is 28.8 Å². The highest BCUT2D eigenvalue weighted by Gasteiger charge is 2.43. The second-order valence-corrected chi connectivity index (χ2v) is 17.0. The lowest BCUT2D eigenvalue weighted by molar-refractivity contribution is -0.170. The molecule has 0 unspecified atom stereocenters. The number of rotatable bonds is 20. The monoisotopic (exact) mass is 870 g/mol. The summed E-state index contributed by atoms with van der Waals surface area (Å²) in [4.78, 5) is 87.9. The average molecular weight is 871 g/mol. The van der Waals surface area contributed by atoms with Crippen molar-refractivity contribution in [3.8, 4) is 11.1 Å². The molecule has 0 spiro atoms. The molecule has 0 bridgehead atoms. The molecule has 14 nitrogen and oxygen atoms in total. The van der Waals surface area contributed by atoms with Crippen LogP contribution in [0.25, 0.3) is 11.1 Å². The third-order valence-corrected chi connectivity index (χ3v) is 11.7. The normalized spacial score (nSPS) is 16.7. The number of nitrogens with one attached hydrogen (secondary N) is 2. The van der Waals surface area contributed by atoms with Gasteiger partial charge in [-0.05, 0) is 87.0 Å². The summed E-state index contributed by atoms with van der Waals surface area (Å²) in [5.74, 6) is -4.95. The molecule has 1 saturated heterocycles. The number of aliphatic hydroxyl groups is 1. The van der Waals surface area contributed by atoms with E-state index in [1.807, 2.05) is 31.2 Å². The Bertz CT molecular complexity index is 2110. The summed E-state index contributed by atoms with van der Waals surface area (Å²) in [5, 5.41) is 16.2. The minimum atomic E-state index is -1.52. The second kappa shape index (κ2) is 21.9. The second-order valence-electron chi connectivity index (χ2n) is 17.0. The summed E-state index contributed by atoms with van der Waals surface area (Å²) in [6.45, 7) is 12.2. The summed E-state index contributed by atoms with van der Waals surface area (Å²) >= 11 is 0. The molecule has 7 atom stereocenters. The number of halogens is 1. The summed E-state index contributed by atoms with van der Waals surface area (Å²) in [6, 6.07) is 16.5. The highest BCUT2D eigenvalue weighted by atomic mass is 19.1. The molecule has 1 aliphatic rings. The van der Waals surface area contributed by atoms with Crippen LogP contribution in [0.15, 0.2) is 91.0 Å². The van der Waals surface area contributed by atoms with Gasteiger partial charge in [-0.2, -0.15) is 0 Å². The molecule has 340 valence electrons. The maximum absolute atomic E-state index is 14.9. The first-order chi connectivity index (χ1) is 29.7. The van der Waals surface area contributed by atoms with E-state index in [4.69, 9.17) is 10.5 Å². The van der Waals surface area contributed by atoms with Crippen molar-refractivity contribution in [1.82, 2.24) is 25.3 Å². The Morgan fingerprint density at radius 3 is 2.14 bits per heavy atom. The number of nitrogens with zero attached hydrogens (tertiary/aromatic N) is 3. The average Bonchev–Trinajstić information content (AvgIpc) is 3.74. The minimum Gasteiger partial charge on any atom is -0.451 e. The van der Waals surface area contributed by atoms with Gasteiger partial charge >= 0.3 is 5.97 Å². The first-order valence-electron chi connectivity index (χ1n) is 21.3. The fraction of sp³-hybridized carbons (Fsp3) is 0.458. The fourth-order valence-corrected chi connectivity index (χ4v) is 7.99. The molecular weight excluding hydrogens is 808 g/mol. The molecule has 4 rings (SSSR count). The molecular formula is C48H63FN6O8. The summed E-state index contributed by atoms with van der Waals surface area (Å²) in [6.07, 6.45) is 0.0312. The Morgan fingerprint density at radius 2 is 1.57 bits per heavy atom. The van der Waals surface area contributed by atoms with Crippen LogP contribution in [0.1, 0.15) is 65.0 Å². The number of carbonyl (C=O) groups is 6. The number of amides is 5. The largest absolute Gasteiger partial charge is 0.451 e. The van der Waals surface area contributed by atoms with Crippen LogP contribution in [0.3, 0.4) is 0 Å². The van der Waals surface area contributed by atoms with E-state index in [1.165, 1.54) is 56.9 Å². The zero-order valence-corrected chi connectivity index (χ0v) is 37.6. The van der Waals surface area contributed by atoms with Crippen molar-refractivity contribution >= 4 is 35.5 Å². The van der Waals surface area contributed by atoms with Crippen LogP contribution in [0, 0.1) is 11.7 Å². The molecule has 1 heterocycles. The lowest BCUT2D eigenvalue weighted by Gasteiger charge is -2.36. The Kier molecular flexibility index (Phi) is 17.3. The molecule has 0 aromatic heterocycles. The Hall–Kier alpha value is -5.93. The van der Waals surface area contributed by atoms with Crippen LogP contribution in [-0.2, 0) is 46.3 Å². The van der Waals surface area contributed by atoms with E-state index in [1.54, 1.807) is 56.3 Å². The molecule has 1 fully saturated rings. The van der Waals surface area contributed by atoms with Crippen molar-refractivity contribution in [1.29, 1.82) is 0 Å². The van der Waals surface area contributed by atoms with Gasteiger partial charge in [-0.25, -0.2) is 4.39 Å². The van der Waals surface area contributed by atoms with E-state index in [-0.39, 0.29) is 30.8 Å². The van der Waals surface area contributed by atoms with Gasteiger partial charge in [0, 0.05) is 39.4 Å². The number of likely N-dealkylation sites (tertiary alicyclic amines) is 1. The van der Waals surface area contributed by atoms with E-state index in [9.17, 15) is 38.3 Å². The number of ether oxygens (including phenoxy) is 1. The fourth-order valence-electron chi connectivity index (χ4n) is 7.99. The highest BCUT2D eigenvalue weighted by molar-refractivity contribution is 5.97. The maximum Gasteiger partial charge on any atom is 0.326 e. The molecule has 3 aromatic carbocycles. The van der Waals surface area contributed by atoms with Gasteiger partial charge in [0.05, 0.1) is 5.60 Å². The first-order valence-corrected chi connectivity index (χ1v) is 21.3. The summed E-state index contributed by atoms with van der Waals surface area (Å²) in [7, 11) is 4.34. The van der Waals surface area contributed by atoms with Gasteiger partial charge in [0.25, 0.3) is 5.91 Å². The zero-order chi connectivity index (χ0) is 46.8. The van der Waals surface area contributed by atoms with Crippen molar-refractivity contribution in [2.75, 3.05) is 27.7 Å². The van der Waals surface area contributed by atoms with Crippen LogP contribution in [0.4, 0.5) is 4.39 Å². The van der Waals surface area contributed by atoms with Crippen molar-refractivity contribution in [3.05, 3.63) is 108 Å². The molecule has 5 amide bonds. The van der Waals surface area contributed by atoms with Crippen LogP contribution in [-0.4, -0.2) is 125 Å². The maximum atomic E-state index is 14.9. The number of hydrogen-bond acceptors (Lipinski definition) is 9. The third kappa shape index (κ3) is 12.6. The predicted molar refractivity (Wildman–Crippen MR) is 238 cm³/mol. The van der Waals surface area contributed by atoms with Crippen LogP contribution in [0.5, 0.6) is 0 Å². The number of hydrogen-bond donors (Lipinski definition) is 4. The molecule has 0 saturated carbocycles. The highest BCUT2D eigenvalue weighted by Crippen LogP contribution is 2.26. The van der Waals surface area contributed by atoms with Crippen molar-refractivity contribution in [2.45, 2.75) is 109 Å². The van der Waals surface area contributed by atoms with Gasteiger partial charge in [0.1, 0.15) is 36.0 Å². The van der Waals surface area contributed by atoms with E-state index < -0.39 is 83.3 Å². The van der Waals surface area contributed by atoms with Gasteiger partial charge < -0.3 is 40.9 Å². The Labute approximate surface area is 370 Å². The standard InChI is InChI=1S/C48H63FN6O8/c1-10-30(4)40(63-47(61)41(51-7)48(5,6)62)46(60)54(9)39(29(2)3)43(57)52-36(27-31-16-12-11-13-17-31)44(58)53(8)38(45(59)55-25-15-20-37(55)42(50)56)28-32-18-14-19-34(26-32)33-21-23-35(49)24-22-33/h11-14,16-19,21-24,26,30,36-41,51,62H,2,10,15,20,25,27-28H2,1,3-9H3,(H2,50,56)(H,52,57)/t30-,36-,37-,38-,39-,40+,41+/m0/s1. The van der Waals surface area contributed by atoms with Crippen LogP contribution >= 0.6 is 0 Å². The lowest BCUT2D eigenvalue weighted by Crippen LogP contribution is -2.60. The molecule has 0 radical (unpaired) electrons. The molecule has 0 aliphatic carbocycles. The number of primary amides is 1. The van der Waals surface area contributed by atoms with Gasteiger partial charge in [-0.15, -0.1) is 0 Å². The van der Waals surface area contributed by atoms with Crippen molar-refractivity contribution < 1.29 is 43.0 Å². The van der Waals surface area contributed by atoms with Crippen LogP contribution < -0.4 is 16.4 Å². The quantitative estimate of drug-likeness (QED) is 0.0967. The van der Waals surface area contributed by atoms with E-state index in [2.05, 4.69) is 17.2 Å². The molecule has 1 aliphatic heterocycles. The minimum absolute atomic E-state index is 0.000367. The number of likely N-dealkylation sites (N-methyl/N-ethyl adjacent to an activating group) is 3. The van der Waals surface area contributed by atoms with E-state index >= 15 is 0 Å². The SMILES string of the molecule is C=C(C)[C@@H](C(=O)N[C@@H](Cc1ccccc1)C(=O)N(C)[C@@H](Cc1cccc(-c2ccc(F)cc2)c1)C(=O)N1CCC[C@H]1C(N)=O)N(C)C(=O)[C@H](OC(=O)[C@@H](NC)C(C)(C)O)[C@@H](C)CC. The smallest absolute Gasteiger partial charge is 0.326 e. The number of nitrogens with two attached hydrogens (primary N) is 1. The number of benzene rings is 3. The summed E-state index contributed by atoms with van der Waals surface area (Å²) in [5.41, 5.74) is 7.34. The van der Waals surface area contributed by atoms with Crippen molar-refractivity contribution in [3.63, 3.8) is 0 Å². The topological polar surface area (TPSA) is 192 Å². The predicted octanol–water partition coefficient (Wildman–Crippen LogP) is 3.79. The summed E-state index contributed by atoms with van der Waals surface area (Å²) < 4.78 is 19.5. The lowest BCUT2D eigenvalue weighted by atomic mass is 9.96. The van der Waals surface area contributed by atoms with E-state index in [0.29, 0.717) is 30.4 Å². The Morgan fingerprint density at radius 1 is 0.937 bits per heavy atom. The molecule has 63 heavy (non-hydrogen) atoms. The third-order valence-electron chi connectivity index (χ3n) is 11.7. The zero-order valence-electron chi connectivity index (χ0n) is 37.6. The van der Waals surface area contributed by atoms with Gasteiger partial charge in [0.2, 0.25) is 23.6 Å². The molecule has 3 aromatic rings. The van der Waals surface area contributed by atoms with Gasteiger partial charge in [0.15, 0.2) is 6.10 Å². The number of esters is 1. The first kappa shape index (κ1) is 49.7. The Balaban J connectivity index is 1.71. The van der Waals surface area contributed by atoms with E-state index in [0.717, 1.165) is 16.0 Å². The van der Waals surface area contributed by atoms with Gasteiger partial charge in [-0.1, -0.05) is 87.2 Å². The molecule has 5 N–H and O–H groups in total. The number of carbonyl (C=O) groups excluding carboxylic acids is 6. The molecule has 15 heteroatoms.